The maximum absolute atomic E-state index is 12.5. The van der Waals surface area contributed by atoms with Crippen LogP contribution in [0.4, 0.5) is 5.00 Å². The molecule has 6 nitrogen and oxygen atoms in total. The van der Waals surface area contributed by atoms with Crippen LogP contribution in [0.3, 0.4) is 0 Å². The molecule has 1 amide bonds. The molecule has 0 spiro atoms. The number of thiophene rings is 1. The van der Waals surface area contributed by atoms with E-state index in [1.807, 2.05) is 0 Å². The number of nitriles is 1. The normalized spacial score (nSPS) is 16.4. The quantitative estimate of drug-likeness (QED) is 0.582. The minimum absolute atomic E-state index is 0.0912. The van der Waals surface area contributed by atoms with E-state index in [1.165, 1.54) is 35.9 Å². The Labute approximate surface area is 167 Å². The summed E-state index contributed by atoms with van der Waals surface area (Å²) in [6.07, 6.45) is 7.83. The van der Waals surface area contributed by atoms with Crippen LogP contribution in [0, 0.1) is 11.3 Å². The number of carbonyl (C=O) groups excluding carboxylic acids is 1. The SMILES string of the molecule is CCn1c(SCC(=O)Nc2sc3c(c2C#N)CCCCC3)nnc1C1CC1. The van der Waals surface area contributed by atoms with E-state index in [4.69, 9.17) is 0 Å². The van der Waals surface area contributed by atoms with E-state index in [2.05, 4.69) is 33.1 Å². The average molecular weight is 402 g/mol. The van der Waals surface area contributed by atoms with Crippen LogP contribution < -0.4 is 5.32 Å². The Bertz CT molecular complexity index is 891. The van der Waals surface area contributed by atoms with Crippen LogP contribution in [0.1, 0.15) is 66.8 Å². The summed E-state index contributed by atoms with van der Waals surface area (Å²) in [6, 6.07) is 2.31. The number of hydrogen-bond donors (Lipinski definition) is 1. The van der Waals surface area contributed by atoms with Gasteiger partial charge in [0, 0.05) is 17.3 Å². The molecule has 27 heavy (non-hydrogen) atoms. The van der Waals surface area contributed by atoms with E-state index in [0.717, 1.165) is 48.8 Å². The highest BCUT2D eigenvalue weighted by Gasteiger charge is 2.30. The van der Waals surface area contributed by atoms with Crippen molar-refractivity contribution in [3.8, 4) is 6.07 Å². The fourth-order valence-electron chi connectivity index (χ4n) is 3.59. The molecule has 1 saturated carbocycles. The third-order valence-electron chi connectivity index (χ3n) is 5.12. The first kappa shape index (κ1) is 18.5. The molecule has 0 unspecified atom stereocenters. The molecule has 2 aliphatic rings. The molecule has 0 atom stereocenters. The maximum atomic E-state index is 12.5. The molecule has 0 aromatic carbocycles. The van der Waals surface area contributed by atoms with Gasteiger partial charge in [-0.05, 0) is 51.0 Å². The Morgan fingerprint density at radius 2 is 2.15 bits per heavy atom. The highest BCUT2D eigenvalue weighted by molar-refractivity contribution is 7.99. The number of thioether (sulfide) groups is 1. The summed E-state index contributed by atoms with van der Waals surface area (Å²) in [6.45, 7) is 2.90. The van der Waals surface area contributed by atoms with Gasteiger partial charge in [-0.1, -0.05) is 18.2 Å². The molecule has 4 rings (SSSR count). The van der Waals surface area contributed by atoms with Gasteiger partial charge in [0.05, 0.1) is 11.3 Å². The zero-order chi connectivity index (χ0) is 18.8. The van der Waals surface area contributed by atoms with Crippen LogP contribution in [0.5, 0.6) is 0 Å². The van der Waals surface area contributed by atoms with Crippen molar-refractivity contribution >= 4 is 34.0 Å². The van der Waals surface area contributed by atoms with Crippen LogP contribution in [-0.4, -0.2) is 26.4 Å². The fourth-order valence-corrected chi connectivity index (χ4v) is 5.65. The van der Waals surface area contributed by atoms with Crippen molar-refractivity contribution in [2.75, 3.05) is 11.1 Å². The number of nitrogens with zero attached hydrogens (tertiary/aromatic N) is 4. The Hall–Kier alpha value is -1.85. The molecule has 0 bridgehead atoms. The van der Waals surface area contributed by atoms with E-state index >= 15 is 0 Å². The molecule has 2 heterocycles. The monoisotopic (exact) mass is 401 g/mol. The third kappa shape index (κ3) is 3.90. The first-order chi connectivity index (χ1) is 13.2. The van der Waals surface area contributed by atoms with E-state index in [0.29, 0.717) is 16.5 Å². The van der Waals surface area contributed by atoms with E-state index < -0.39 is 0 Å². The van der Waals surface area contributed by atoms with Crippen molar-refractivity contribution in [3.63, 3.8) is 0 Å². The van der Waals surface area contributed by atoms with Crippen molar-refractivity contribution in [2.24, 2.45) is 0 Å². The van der Waals surface area contributed by atoms with Gasteiger partial charge >= 0.3 is 0 Å². The van der Waals surface area contributed by atoms with Gasteiger partial charge in [0.25, 0.3) is 0 Å². The minimum Gasteiger partial charge on any atom is -0.316 e. The molecule has 0 radical (unpaired) electrons. The van der Waals surface area contributed by atoms with Gasteiger partial charge in [-0.2, -0.15) is 5.26 Å². The largest absolute Gasteiger partial charge is 0.316 e. The second kappa shape index (κ2) is 8.03. The summed E-state index contributed by atoms with van der Waals surface area (Å²) in [5.41, 5.74) is 1.82. The lowest BCUT2D eigenvalue weighted by Crippen LogP contribution is -2.14. The van der Waals surface area contributed by atoms with Gasteiger partial charge in [-0.3, -0.25) is 4.79 Å². The predicted octanol–water partition coefficient (Wildman–Crippen LogP) is 4.11. The van der Waals surface area contributed by atoms with Gasteiger partial charge in [0.15, 0.2) is 5.16 Å². The molecular weight excluding hydrogens is 378 g/mol. The van der Waals surface area contributed by atoms with Gasteiger partial charge < -0.3 is 9.88 Å². The lowest BCUT2D eigenvalue weighted by molar-refractivity contribution is -0.113. The minimum atomic E-state index is -0.0912. The molecule has 1 N–H and O–H groups in total. The highest BCUT2D eigenvalue weighted by Crippen LogP contribution is 2.40. The molecule has 142 valence electrons. The fraction of sp³-hybridized carbons (Fsp3) is 0.579. The number of carbonyl (C=O) groups is 1. The molecule has 2 aromatic heterocycles. The maximum Gasteiger partial charge on any atom is 0.235 e. The molecule has 2 aromatic rings. The number of hydrogen-bond acceptors (Lipinski definition) is 6. The highest BCUT2D eigenvalue weighted by atomic mass is 32.2. The summed E-state index contributed by atoms with van der Waals surface area (Å²) in [4.78, 5) is 13.8. The molecule has 1 fully saturated rings. The molecule has 0 aliphatic heterocycles. The third-order valence-corrected chi connectivity index (χ3v) is 7.30. The second-order valence-corrected chi connectivity index (χ2v) is 9.12. The first-order valence-corrected chi connectivity index (χ1v) is 11.4. The Kier molecular flexibility index (Phi) is 5.50. The van der Waals surface area contributed by atoms with Crippen molar-refractivity contribution in [1.29, 1.82) is 5.26 Å². The lowest BCUT2D eigenvalue weighted by Gasteiger charge is -2.07. The number of aromatic nitrogens is 3. The van der Waals surface area contributed by atoms with Crippen LogP contribution in [0.25, 0.3) is 0 Å². The number of nitrogens with one attached hydrogen (secondary N) is 1. The Morgan fingerprint density at radius 1 is 1.33 bits per heavy atom. The number of aryl methyl sites for hydroxylation is 1. The van der Waals surface area contributed by atoms with Crippen LogP contribution in [0.2, 0.25) is 0 Å². The predicted molar refractivity (Wildman–Crippen MR) is 107 cm³/mol. The van der Waals surface area contributed by atoms with Gasteiger partial charge in [-0.15, -0.1) is 21.5 Å². The number of fused-ring (bicyclic) bond motifs is 1. The molecule has 2 aliphatic carbocycles. The summed E-state index contributed by atoms with van der Waals surface area (Å²) in [7, 11) is 0. The van der Waals surface area contributed by atoms with Crippen molar-refractivity contribution in [3.05, 3.63) is 21.8 Å². The summed E-state index contributed by atoms with van der Waals surface area (Å²) < 4.78 is 2.11. The molecule has 8 heteroatoms. The van der Waals surface area contributed by atoms with E-state index in [-0.39, 0.29) is 11.7 Å². The van der Waals surface area contributed by atoms with E-state index in [1.54, 1.807) is 11.3 Å². The number of anilines is 1. The van der Waals surface area contributed by atoms with Crippen LogP contribution >= 0.6 is 23.1 Å². The van der Waals surface area contributed by atoms with Crippen LogP contribution in [0.15, 0.2) is 5.16 Å². The topological polar surface area (TPSA) is 83.6 Å². The first-order valence-electron chi connectivity index (χ1n) is 9.61. The standard InChI is InChI=1S/C19H23N5OS2/c1-2-24-17(12-8-9-12)22-23-19(24)26-11-16(25)21-18-14(10-20)13-6-4-3-5-7-15(13)27-18/h12H,2-9,11H2,1H3,(H,21,25). The summed E-state index contributed by atoms with van der Waals surface area (Å²) >= 11 is 2.99. The summed E-state index contributed by atoms with van der Waals surface area (Å²) in [5.74, 6) is 1.78. The molecular formula is C19H23N5OS2. The Morgan fingerprint density at radius 3 is 2.89 bits per heavy atom. The van der Waals surface area contributed by atoms with Crippen molar-refractivity contribution < 1.29 is 4.79 Å². The summed E-state index contributed by atoms with van der Waals surface area (Å²) in [5, 5.41) is 22.6. The van der Waals surface area contributed by atoms with Crippen molar-refractivity contribution in [1.82, 2.24) is 14.8 Å². The van der Waals surface area contributed by atoms with Gasteiger partial charge in [0.1, 0.15) is 16.9 Å². The zero-order valence-electron chi connectivity index (χ0n) is 15.5. The lowest BCUT2D eigenvalue weighted by atomic mass is 10.1. The smallest absolute Gasteiger partial charge is 0.235 e. The number of amides is 1. The van der Waals surface area contributed by atoms with Gasteiger partial charge in [0.2, 0.25) is 5.91 Å². The Balaban J connectivity index is 1.42. The van der Waals surface area contributed by atoms with Crippen molar-refractivity contribution in [2.45, 2.75) is 69.5 Å². The zero-order valence-corrected chi connectivity index (χ0v) is 17.1. The van der Waals surface area contributed by atoms with Gasteiger partial charge in [-0.25, -0.2) is 0 Å². The van der Waals surface area contributed by atoms with Crippen LogP contribution in [-0.2, 0) is 24.2 Å². The second-order valence-electron chi connectivity index (χ2n) is 7.08. The number of rotatable bonds is 6. The molecule has 0 saturated heterocycles. The van der Waals surface area contributed by atoms with E-state index in [9.17, 15) is 10.1 Å². The average Bonchev–Trinajstić information content (AvgIpc) is 3.40.